The summed E-state index contributed by atoms with van der Waals surface area (Å²) in [5, 5.41) is 5.17. The maximum atomic E-state index is 13.7. The van der Waals surface area contributed by atoms with Gasteiger partial charge in [-0.25, -0.2) is 0 Å². The van der Waals surface area contributed by atoms with Crippen LogP contribution in [0.2, 0.25) is 0 Å². The van der Waals surface area contributed by atoms with Crippen molar-refractivity contribution in [3.8, 4) is 0 Å². The van der Waals surface area contributed by atoms with E-state index >= 15 is 0 Å². The molecule has 0 saturated carbocycles. The number of rotatable bonds is 9. The van der Waals surface area contributed by atoms with Crippen molar-refractivity contribution < 1.29 is 18.7 Å². The molecule has 1 aliphatic heterocycles. The molecule has 0 unspecified atom stereocenters. The summed E-state index contributed by atoms with van der Waals surface area (Å²) in [6.07, 6.45) is 3.18. The second-order valence-electron chi connectivity index (χ2n) is 8.04. The van der Waals surface area contributed by atoms with E-state index in [0.29, 0.717) is 18.7 Å². The maximum Gasteiger partial charge on any atom is 0.254 e. The van der Waals surface area contributed by atoms with Crippen LogP contribution in [0.15, 0.2) is 64.6 Å². The van der Waals surface area contributed by atoms with Gasteiger partial charge in [-0.05, 0) is 48.6 Å². The van der Waals surface area contributed by atoms with Crippen LogP contribution in [-0.2, 0) is 16.0 Å². The van der Waals surface area contributed by atoms with Gasteiger partial charge in [-0.15, -0.1) is 11.3 Å². The van der Waals surface area contributed by atoms with Crippen molar-refractivity contribution in [2.45, 2.75) is 37.8 Å². The summed E-state index contributed by atoms with van der Waals surface area (Å²) >= 11 is 1.56. The molecule has 0 saturated heterocycles. The van der Waals surface area contributed by atoms with E-state index in [4.69, 9.17) is 9.15 Å². The lowest BCUT2D eigenvalue weighted by Crippen LogP contribution is -2.49. The Morgan fingerprint density at radius 2 is 2.06 bits per heavy atom. The molecule has 0 radical (unpaired) electrons. The lowest BCUT2D eigenvalue weighted by atomic mass is 9.81. The summed E-state index contributed by atoms with van der Waals surface area (Å²) < 4.78 is 10.7. The maximum absolute atomic E-state index is 13.7. The van der Waals surface area contributed by atoms with Crippen molar-refractivity contribution in [3.05, 3.63) is 81.9 Å². The highest BCUT2D eigenvalue weighted by molar-refractivity contribution is 7.10. The van der Waals surface area contributed by atoms with E-state index in [2.05, 4.69) is 5.32 Å². The van der Waals surface area contributed by atoms with E-state index in [9.17, 15) is 9.59 Å². The standard InChI is InChI=1S/C25H28N2O4S/c1-17(11-12-18-7-5-14-31-18)26-24(28)22-19-8-3-4-9-20(19)25(29)27(13-15-30-2)23(22)21-10-6-16-32-21/h3-10,14,16-17,22-23H,11-13,15H2,1-2H3,(H,26,28)/t17-,22+,23-/m1/s1. The van der Waals surface area contributed by atoms with Gasteiger partial charge in [0, 0.05) is 36.6 Å². The summed E-state index contributed by atoms with van der Waals surface area (Å²) in [7, 11) is 1.62. The zero-order chi connectivity index (χ0) is 22.5. The number of furan rings is 1. The first kappa shape index (κ1) is 22.3. The molecule has 2 aromatic heterocycles. The Morgan fingerprint density at radius 3 is 2.78 bits per heavy atom. The molecular weight excluding hydrogens is 424 g/mol. The van der Waals surface area contributed by atoms with Crippen molar-refractivity contribution in [2.24, 2.45) is 0 Å². The number of amides is 2. The van der Waals surface area contributed by atoms with Gasteiger partial charge in [0.15, 0.2) is 0 Å². The minimum absolute atomic E-state index is 0.0335. The van der Waals surface area contributed by atoms with Crippen LogP contribution >= 0.6 is 11.3 Å². The van der Waals surface area contributed by atoms with Crippen LogP contribution in [0.1, 0.15) is 51.9 Å². The van der Waals surface area contributed by atoms with Crippen LogP contribution in [0.3, 0.4) is 0 Å². The number of fused-ring (bicyclic) bond motifs is 1. The van der Waals surface area contributed by atoms with Gasteiger partial charge in [-0.3, -0.25) is 9.59 Å². The van der Waals surface area contributed by atoms with Gasteiger partial charge in [0.25, 0.3) is 5.91 Å². The number of nitrogens with one attached hydrogen (secondary N) is 1. The number of thiophene rings is 1. The van der Waals surface area contributed by atoms with Gasteiger partial charge >= 0.3 is 0 Å². The quantitative estimate of drug-likeness (QED) is 0.522. The number of hydrogen-bond donors (Lipinski definition) is 1. The summed E-state index contributed by atoms with van der Waals surface area (Å²) in [6.45, 7) is 2.83. The largest absolute Gasteiger partial charge is 0.469 e. The molecule has 0 bridgehead atoms. The van der Waals surface area contributed by atoms with E-state index in [-0.39, 0.29) is 23.9 Å². The third-order valence-corrected chi connectivity index (χ3v) is 6.83. The highest BCUT2D eigenvalue weighted by Crippen LogP contribution is 2.44. The molecular formula is C25H28N2O4S. The normalized spacial score (nSPS) is 18.9. The average Bonchev–Trinajstić information content (AvgIpc) is 3.51. The number of carbonyl (C=O) groups excluding carboxylic acids is 2. The number of aryl methyl sites for hydroxylation is 1. The van der Waals surface area contributed by atoms with Gasteiger partial charge in [0.05, 0.1) is 24.8 Å². The molecule has 6 nitrogen and oxygen atoms in total. The van der Waals surface area contributed by atoms with E-state index in [1.165, 1.54) is 0 Å². The monoisotopic (exact) mass is 452 g/mol. The number of nitrogens with zero attached hydrogens (tertiary/aromatic N) is 1. The minimum atomic E-state index is -0.495. The molecule has 1 aliphatic rings. The highest BCUT2D eigenvalue weighted by atomic mass is 32.1. The van der Waals surface area contributed by atoms with Crippen LogP contribution < -0.4 is 5.32 Å². The number of carbonyl (C=O) groups is 2. The van der Waals surface area contributed by atoms with Crippen molar-refractivity contribution in [3.63, 3.8) is 0 Å². The first-order chi connectivity index (χ1) is 15.6. The van der Waals surface area contributed by atoms with E-state index < -0.39 is 5.92 Å². The molecule has 0 aliphatic carbocycles. The molecule has 7 heteroatoms. The molecule has 2 amide bonds. The Morgan fingerprint density at radius 1 is 1.22 bits per heavy atom. The minimum Gasteiger partial charge on any atom is -0.469 e. The second-order valence-corrected chi connectivity index (χ2v) is 9.02. The van der Waals surface area contributed by atoms with Crippen LogP contribution in [0.4, 0.5) is 0 Å². The highest BCUT2D eigenvalue weighted by Gasteiger charge is 2.44. The molecule has 1 N–H and O–H groups in total. The Labute approximate surface area is 192 Å². The molecule has 4 rings (SSSR count). The third-order valence-electron chi connectivity index (χ3n) is 5.88. The van der Waals surface area contributed by atoms with E-state index in [1.807, 2.05) is 60.8 Å². The molecule has 3 heterocycles. The second kappa shape index (κ2) is 10.1. The lowest BCUT2D eigenvalue weighted by Gasteiger charge is -2.41. The number of methoxy groups -OCH3 is 1. The zero-order valence-corrected chi connectivity index (χ0v) is 19.1. The first-order valence-electron chi connectivity index (χ1n) is 10.8. The summed E-state index contributed by atoms with van der Waals surface area (Å²) in [5.41, 5.74) is 1.36. The first-order valence-corrected chi connectivity index (χ1v) is 11.7. The third kappa shape index (κ3) is 4.64. The number of ether oxygens (including phenoxy) is 1. The van der Waals surface area contributed by atoms with Crippen LogP contribution in [0, 0.1) is 0 Å². The number of benzene rings is 1. The SMILES string of the molecule is COCCN1C(=O)c2ccccc2[C@H](C(=O)N[C@H](C)CCc2ccco2)[C@H]1c1cccs1. The van der Waals surface area contributed by atoms with Crippen molar-refractivity contribution >= 4 is 23.2 Å². The topological polar surface area (TPSA) is 71.8 Å². The predicted molar refractivity (Wildman–Crippen MR) is 124 cm³/mol. The Hall–Kier alpha value is -2.90. The summed E-state index contributed by atoms with van der Waals surface area (Å²) in [6, 6.07) is 14.8. The summed E-state index contributed by atoms with van der Waals surface area (Å²) in [4.78, 5) is 29.8. The van der Waals surface area contributed by atoms with E-state index in [1.54, 1.807) is 29.6 Å². The molecule has 0 fully saturated rings. The summed E-state index contributed by atoms with van der Waals surface area (Å²) in [5.74, 6) is 0.274. The average molecular weight is 453 g/mol. The fraction of sp³-hybridized carbons (Fsp3) is 0.360. The van der Waals surface area contributed by atoms with Crippen molar-refractivity contribution in [2.75, 3.05) is 20.3 Å². The van der Waals surface area contributed by atoms with Crippen LogP contribution in [-0.4, -0.2) is 43.0 Å². The van der Waals surface area contributed by atoms with Crippen molar-refractivity contribution in [1.29, 1.82) is 0 Å². The molecule has 168 valence electrons. The fourth-order valence-corrected chi connectivity index (χ4v) is 5.18. The van der Waals surface area contributed by atoms with Gasteiger partial charge in [-0.2, -0.15) is 0 Å². The van der Waals surface area contributed by atoms with Crippen LogP contribution in [0.5, 0.6) is 0 Å². The van der Waals surface area contributed by atoms with E-state index in [0.717, 1.165) is 29.0 Å². The number of hydrogen-bond acceptors (Lipinski definition) is 5. The lowest BCUT2D eigenvalue weighted by molar-refractivity contribution is -0.125. The zero-order valence-electron chi connectivity index (χ0n) is 18.3. The molecule has 0 spiro atoms. The van der Waals surface area contributed by atoms with Gasteiger partial charge < -0.3 is 19.4 Å². The Kier molecular flexibility index (Phi) is 7.07. The molecule has 3 atom stereocenters. The van der Waals surface area contributed by atoms with Crippen molar-refractivity contribution in [1.82, 2.24) is 10.2 Å². The Bertz CT molecular complexity index is 1030. The Balaban J connectivity index is 1.63. The van der Waals surface area contributed by atoms with Crippen LogP contribution in [0.25, 0.3) is 0 Å². The smallest absolute Gasteiger partial charge is 0.254 e. The van der Waals surface area contributed by atoms with Gasteiger partial charge in [0.2, 0.25) is 5.91 Å². The van der Waals surface area contributed by atoms with Gasteiger partial charge in [0.1, 0.15) is 5.76 Å². The molecule has 3 aromatic rings. The predicted octanol–water partition coefficient (Wildman–Crippen LogP) is 4.41. The molecule has 32 heavy (non-hydrogen) atoms. The molecule has 1 aromatic carbocycles. The van der Waals surface area contributed by atoms with Gasteiger partial charge in [-0.1, -0.05) is 24.3 Å². The fourth-order valence-electron chi connectivity index (χ4n) is 4.30.